The van der Waals surface area contributed by atoms with Crippen LogP contribution in [0.2, 0.25) is 0 Å². The number of aliphatic hydroxyl groups excluding tert-OH is 1. The molecule has 0 aromatic carbocycles. The predicted octanol–water partition coefficient (Wildman–Crippen LogP) is 5.87. The van der Waals surface area contributed by atoms with Crippen LogP contribution < -0.4 is 4.90 Å². The van der Waals surface area contributed by atoms with Gasteiger partial charge in [0.1, 0.15) is 11.5 Å². The number of thiophene rings is 1. The minimum atomic E-state index is -0.989. The number of hydrogen-bond acceptors (Lipinski definition) is 6. The van der Waals surface area contributed by atoms with Crippen LogP contribution in [0.4, 0.5) is 5.69 Å². The van der Waals surface area contributed by atoms with Gasteiger partial charge in [0.15, 0.2) is 0 Å². The number of amides is 1. The molecule has 4 rings (SSSR count). The second-order valence-electron chi connectivity index (χ2n) is 10.3. The average Bonchev–Trinajstić information content (AvgIpc) is 3.30. The highest BCUT2D eigenvalue weighted by Crippen LogP contribution is 2.42. The van der Waals surface area contributed by atoms with Crippen LogP contribution in [0.1, 0.15) is 99.0 Å². The molecule has 2 saturated carbocycles. The zero-order chi connectivity index (χ0) is 24.9. The summed E-state index contributed by atoms with van der Waals surface area (Å²) in [6.07, 6.45) is 10.5. The first kappa shape index (κ1) is 25.9. The average molecular weight is 503 g/mol. The van der Waals surface area contributed by atoms with Crippen molar-refractivity contribution in [1.82, 2.24) is 0 Å². The maximum Gasteiger partial charge on any atom is 0.348 e. The molecule has 0 atom stereocenters. The number of carbonyl (C=O) groups is 2. The Morgan fingerprint density at radius 3 is 2.43 bits per heavy atom. The number of aromatic carboxylic acids is 1. The van der Waals surface area contributed by atoms with E-state index in [1.165, 1.54) is 11.3 Å². The van der Waals surface area contributed by atoms with Gasteiger partial charge in [-0.2, -0.15) is 0 Å². The molecule has 3 aliphatic rings. The van der Waals surface area contributed by atoms with E-state index in [0.717, 1.165) is 54.7 Å². The highest BCUT2D eigenvalue weighted by Gasteiger charge is 2.37. The van der Waals surface area contributed by atoms with Crippen LogP contribution in [0, 0.1) is 11.8 Å². The molecule has 2 fully saturated rings. The smallest absolute Gasteiger partial charge is 0.348 e. The van der Waals surface area contributed by atoms with Gasteiger partial charge in [-0.25, -0.2) is 4.79 Å². The Morgan fingerprint density at radius 1 is 1.11 bits per heavy atom. The molecular weight excluding hydrogens is 464 g/mol. The van der Waals surface area contributed by atoms with Crippen LogP contribution in [0.25, 0.3) is 5.57 Å². The van der Waals surface area contributed by atoms with Gasteiger partial charge in [-0.15, -0.1) is 11.3 Å². The minimum Gasteiger partial charge on any atom is -0.477 e. The largest absolute Gasteiger partial charge is 0.477 e. The molecule has 7 nitrogen and oxygen atoms in total. The molecule has 0 radical (unpaired) electrons. The van der Waals surface area contributed by atoms with Gasteiger partial charge >= 0.3 is 5.97 Å². The normalized spacial score (nSPS) is 28.4. The molecule has 0 bridgehead atoms. The van der Waals surface area contributed by atoms with Crippen LogP contribution in [0.15, 0.2) is 17.3 Å². The lowest BCUT2D eigenvalue weighted by Crippen LogP contribution is -2.47. The molecule has 0 unspecified atom stereocenters. The van der Waals surface area contributed by atoms with E-state index < -0.39 is 5.97 Å². The van der Waals surface area contributed by atoms with Gasteiger partial charge in [0, 0.05) is 23.3 Å². The number of carbonyl (C=O) groups excluding carboxylic acids is 1. The number of carboxylic acids is 1. The fourth-order valence-electron chi connectivity index (χ4n) is 5.57. The summed E-state index contributed by atoms with van der Waals surface area (Å²) in [4.78, 5) is 34.4. The monoisotopic (exact) mass is 502 g/mol. The molecule has 2 N–H and O–H groups in total. The van der Waals surface area contributed by atoms with Gasteiger partial charge in [0.25, 0.3) is 0 Å². The minimum absolute atomic E-state index is 0.0609. The van der Waals surface area contributed by atoms with Gasteiger partial charge in [0.05, 0.1) is 17.5 Å². The Hall–Kier alpha value is -2.19. The van der Waals surface area contributed by atoms with Gasteiger partial charge in [0.2, 0.25) is 5.91 Å². The molecular formula is C27H38N2O5S. The van der Waals surface area contributed by atoms with Gasteiger partial charge in [-0.1, -0.05) is 18.2 Å². The van der Waals surface area contributed by atoms with Crippen molar-refractivity contribution in [2.24, 2.45) is 17.0 Å². The van der Waals surface area contributed by atoms with E-state index in [1.54, 1.807) is 0 Å². The first-order valence-electron chi connectivity index (χ1n) is 13.1. The van der Waals surface area contributed by atoms with Crippen molar-refractivity contribution in [3.05, 3.63) is 21.9 Å². The Bertz CT molecular complexity index is 968. The molecule has 1 aromatic heterocycles. The van der Waals surface area contributed by atoms with Crippen LogP contribution in [-0.4, -0.2) is 46.6 Å². The molecule has 0 saturated heterocycles. The molecule has 192 valence electrons. The van der Waals surface area contributed by atoms with Crippen LogP contribution in [-0.2, 0) is 9.63 Å². The first-order chi connectivity index (χ1) is 16.9. The fourth-order valence-corrected chi connectivity index (χ4v) is 6.63. The topological polar surface area (TPSA) is 99.4 Å². The van der Waals surface area contributed by atoms with Crippen molar-refractivity contribution in [1.29, 1.82) is 0 Å². The summed E-state index contributed by atoms with van der Waals surface area (Å²) in [6, 6.07) is 1.86. The summed E-state index contributed by atoms with van der Waals surface area (Å²) in [7, 11) is 0. The number of rotatable bonds is 7. The molecule has 1 amide bonds. The Morgan fingerprint density at radius 2 is 1.83 bits per heavy atom. The quantitative estimate of drug-likeness (QED) is 0.454. The molecule has 8 heteroatoms. The molecule has 1 aromatic rings. The van der Waals surface area contributed by atoms with E-state index in [4.69, 9.17) is 4.84 Å². The highest BCUT2D eigenvalue weighted by atomic mass is 32.1. The molecule has 0 aliphatic heterocycles. The highest BCUT2D eigenvalue weighted by molar-refractivity contribution is 7.15. The predicted molar refractivity (Wildman–Crippen MR) is 139 cm³/mol. The van der Waals surface area contributed by atoms with E-state index in [-0.39, 0.29) is 28.8 Å². The third-order valence-corrected chi connectivity index (χ3v) is 8.89. The van der Waals surface area contributed by atoms with Gasteiger partial charge in [-0.05, 0) is 88.7 Å². The van der Waals surface area contributed by atoms with Crippen LogP contribution in [0.3, 0.4) is 0 Å². The zero-order valence-corrected chi connectivity index (χ0v) is 21.7. The number of aliphatic hydroxyl groups is 1. The van der Waals surface area contributed by atoms with E-state index in [9.17, 15) is 19.8 Å². The summed E-state index contributed by atoms with van der Waals surface area (Å²) in [5.74, 6) is -0.352. The number of hydrogen-bond donors (Lipinski definition) is 2. The summed E-state index contributed by atoms with van der Waals surface area (Å²) < 4.78 is 0. The Kier molecular flexibility index (Phi) is 8.65. The van der Waals surface area contributed by atoms with Crippen LogP contribution >= 0.6 is 11.3 Å². The second-order valence-corrected chi connectivity index (χ2v) is 11.3. The van der Waals surface area contributed by atoms with Crippen molar-refractivity contribution in [3.8, 4) is 0 Å². The van der Waals surface area contributed by atoms with Crippen molar-refractivity contribution in [3.63, 3.8) is 0 Å². The molecule has 3 aliphatic carbocycles. The van der Waals surface area contributed by atoms with E-state index in [0.29, 0.717) is 50.3 Å². The number of allylic oxidation sites excluding steroid dienone is 2. The summed E-state index contributed by atoms with van der Waals surface area (Å²) in [5.41, 5.74) is 2.64. The van der Waals surface area contributed by atoms with Crippen LogP contribution in [0.5, 0.6) is 0 Å². The third-order valence-electron chi connectivity index (χ3n) is 7.71. The Balaban J connectivity index is 1.66. The molecule has 1 heterocycles. The Labute approximate surface area is 211 Å². The number of nitrogens with zero attached hydrogens (tertiary/aromatic N) is 2. The zero-order valence-electron chi connectivity index (χ0n) is 20.9. The van der Waals surface area contributed by atoms with Crippen molar-refractivity contribution < 1.29 is 24.6 Å². The standard InChI is InChI=1S/C27H38N2O5S/c1-3-34-28-20-10-8-18(9-11-20)24-16-23(25(35-24)27(32)33)29(21-12-14-22(30)15-13-21)26(31)19-6-4-17(2)5-7-19/h8,16-17,19,21-22,30H,3-7,9-15H2,1-2H3,(H,32,33)/b28-20-. The van der Waals surface area contributed by atoms with Crippen molar-refractivity contribution >= 4 is 40.2 Å². The number of carboxylic acid groups (broad SMARTS) is 1. The maximum absolute atomic E-state index is 13.9. The summed E-state index contributed by atoms with van der Waals surface area (Å²) >= 11 is 1.27. The first-order valence-corrected chi connectivity index (χ1v) is 13.9. The lowest BCUT2D eigenvalue weighted by molar-refractivity contribution is -0.124. The lowest BCUT2D eigenvalue weighted by Gasteiger charge is -2.38. The fraction of sp³-hybridized carbons (Fsp3) is 0.667. The molecule has 0 spiro atoms. The summed E-state index contributed by atoms with van der Waals surface area (Å²) in [6.45, 7) is 4.68. The van der Waals surface area contributed by atoms with E-state index >= 15 is 0 Å². The summed E-state index contributed by atoms with van der Waals surface area (Å²) in [5, 5.41) is 24.3. The number of anilines is 1. The van der Waals surface area contributed by atoms with E-state index in [1.807, 2.05) is 17.9 Å². The SMILES string of the molecule is CCO/N=C1/CC=C(c2cc(N(C(=O)C3CCC(C)CC3)C3CCC(O)CC3)c(C(=O)O)s2)CC1. The van der Waals surface area contributed by atoms with Gasteiger partial charge < -0.3 is 20.0 Å². The third kappa shape index (κ3) is 6.15. The maximum atomic E-state index is 13.9. The number of oxime groups is 1. The van der Waals surface area contributed by atoms with Gasteiger partial charge in [-0.3, -0.25) is 4.79 Å². The van der Waals surface area contributed by atoms with Crippen molar-refractivity contribution in [2.45, 2.75) is 96.6 Å². The molecule has 35 heavy (non-hydrogen) atoms. The van der Waals surface area contributed by atoms with Crippen molar-refractivity contribution in [2.75, 3.05) is 11.5 Å². The second kappa shape index (κ2) is 11.7. The van der Waals surface area contributed by atoms with E-state index in [2.05, 4.69) is 18.2 Å². The lowest BCUT2D eigenvalue weighted by atomic mass is 9.81.